The number of nitrogens with zero attached hydrogens (tertiary/aromatic N) is 3. The number of aromatic carboxylic acids is 1. The van der Waals surface area contributed by atoms with E-state index in [1.54, 1.807) is 16.9 Å². The first-order chi connectivity index (χ1) is 11.7. The number of benzene rings is 1. The number of hydrogen-bond donors (Lipinski definition) is 1. The van der Waals surface area contributed by atoms with E-state index in [9.17, 15) is 4.79 Å². The molecule has 0 spiro atoms. The third kappa shape index (κ3) is 3.94. The molecule has 1 aliphatic heterocycles. The molecule has 1 aromatic heterocycles. The van der Waals surface area contributed by atoms with E-state index in [2.05, 4.69) is 22.1 Å². The van der Waals surface area contributed by atoms with Gasteiger partial charge in [0.15, 0.2) is 5.69 Å². The zero-order valence-corrected chi connectivity index (χ0v) is 13.9. The highest BCUT2D eigenvalue weighted by molar-refractivity contribution is 5.85. The molecule has 1 aromatic carbocycles. The maximum atomic E-state index is 11.0. The van der Waals surface area contributed by atoms with E-state index < -0.39 is 5.97 Å². The lowest BCUT2D eigenvalue weighted by Gasteiger charge is -2.32. The van der Waals surface area contributed by atoms with Crippen molar-refractivity contribution in [3.63, 3.8) is 0 Å². The Balaban J connectivity index is 1.64. The average Bonchev–Trinajstić information content (AvgIpc) is 3.06. The molecule has 1 saturated heterocycles. The number of hydrogen-bond acceptors (Lipinski definition) is 4. The summed E-state index contributed by atoms with van der Waals surface area (Å²) in [4.78, 5) is 13.4. The zero-order chi connectivity index (χ0) is 16.9. The third-order valence-corrected chi connectivity index (χ3v) is 4.30. The van der Waals surface area contributed by atoms with Crippen LogP contribution in [-0.2, 0) is 6.54 Å². The van der Waals surface area contributed by atoms with Gasteiger partial charge in [-0.25, -0.2) is 4.79 Å². The standard InChI is InChI=1S/C18H23N3O3/c1-2-24-16-7-3-5-14(11-16)12-20-9-4-6-15(13-20)21-10-8-17(19-21)18(22)23/h3,5,7-8,10-11,15H,2,4,6,9,12-13H2,1H3,(H,22,23). The first kappa shape index (κ1) is 16.5. The lowest BCUT2D eigenvalue weighted by atomic mass is 10.0. The van der Waals surface area contributed by atoms with Crippen molar-refractivity contribution in [1.82, 2.24) is 14.7 Å². The molecule has 0 radical (unpaired) electrons. The van der Waals surface area contributed by atoms with Crippen molar-refractivity contribution in [2.45, 2.75) is 32.4 Å². The second-order valence-electron chi connectivity index (χ2n) is 6.10. The van der Waals surface area contributed by atoms with Crippen LogP contribution in [-0.4, -0.2) is 45.5 Å². The van der Waals surface area contributed by atoms with E-state index in [-0.39, 0.29) is 11.7 Å². The van der Waals surface area contributed by atoms with Crippen molar-refractivity contribution in [1.29, 1.82) is 0 Å². The number of ether oxygens (including phenoxy) is 1. The minimum atomic E-state index is -0.978. The zero-order valence-electron chi connectivity index (χ0n) is 13.9. The average molecular weight is 329 g/mol. The van der Waals surface area contributed by atoms with E-state index in [1.807, 2.05) is 19.1 Å². The molecule has 24 heavy (non-hydrogen) atoms. The van der Waals surface area contributed by atoms with Crippen molar-refractivity contribution >= 4 is 5.97 Å². The van der Waals surface area contributed by atoms with Gasteiger partial charge in [0.2, 0.25) is 0 Å². The molecule has 128 valence electrons. The molecular formula is C18H23N3O3. The number of rotatable bonds is 6. The number of aromatic nitrogens is 2. The molecule has 3 rings (SSSR count). The van der Waals surface area contributed by atoms with Crippen LogP contribution in [0.2, 0.25) is 0 Å². The molecule has 2 heterocycles. The summed E-state index contributed by atoms with van der Waals surface area (Å²) in [6.45, 7) is 5.43. The van der Waals surface area contributed by atoms with Crippen molar-refractivity contribution in [2.75, 3.05) is 19.7 Å². The minimum absolute atomic E-state index is 0.108. The first-order valence-corrected chi connectivity index (χ1v) is 8.38. The Morgan fingerprint density at radius 1 is 1.42 bits per heavy atom. The molecule has 1 N–H and O–H groups in total. The van der Waals surface area contributed by atoms with Crippen LogP contribution in [0.4, 0.5) is 0 Å². The van der Waals surface area contributed by atoms with Crippen LogP contribution >= 0.6 is 0 Å². The van der Waals surface area contributed by atoms with Crippen molar-refractivity contribution in [3.05, 3.63) is 47.8 Å². The quantitative estimate of drug-likeness (QED) is 0.882. The normalized spacial score (nSPS) is 18.5. The summed E-state index contributed by atoms with van der Waals surface area (Å²) in [5.74, 6) is -0.0732. The van der Waals surface area contributed by atoms with Crippen LogP contribution in [0.15, 0.2) is 36.5 Å². The van der Waals surface area contributed by atoms with Gasteiger partial charge in [0, 0.05) is 19.3 Å². The summed E-state index contributed by atoms with van der Waals surface area (Å²) in [5.41, 5.74) is 1.34. The molecule has 1 unspecified atom stereocenters. The molecule has 1 fully saturated rings. The smallest absolute Gasteiger partial charge is 0.356 e. The predicted molar refractivity (Wildman–Crippen MR) is 90.3 cm³/mol. The SMILES string of the molecule is CCOc1cccc(CN2CCCC(n3ccc(C(=O)O)n3)C2)c1. The van der Waals surface area contributed by atoms with E-state index in [1.165, 1.54) is 5.56 Å². The van der Waals surface area contributed by atoms with E-state index in [0.29, 0.717) is 6.61 Å². The topological polar surface area (TPSA) is 67.6 Å². The summed E-state index contributed by atoms with van der Waals surface area (Å²) in [6, 6.07) is 9.98. The molecule has 1 aliphatic rings. The molecule has 6 nitrogen and oxygen atoms in total. The fourth-order valence-corrected chi connectivity index (χ4v) is 3.20. The van der Waals surface area contributed by atoms with Crippen molar-refractivity contribution in [3.8, 4) is 5.75 Å². The summed E-state index contributed by atoms with van der Waals surface area (Å²) >= 11 is 0. The lowest BCUT2D eigenvalue weighted by molar-refractivity contribution is 0.0688. The molecular weight excluding hydrogens is 306 g/mol. The Bertz CT molecular complexity index is 698. The highest BCUT2D eigenvalue weighted by Crippen LogP contribution is 2.23. The monoisotopic (exact) mass is 329 g/mol. The van der Waals surface area contributed by atoms with Gasteiger partial charge >= 0.3 is 5.97 Å². The highest BCUT2D eigenvalue weighted by atomic mass is 16.5. The molecule has 0 aliphatic carbocycles. The van der Waals surface area contributed by atoms with Gasteiger partial charge in [-0.3, -0.25) is 9.58 Å². The fourth-order valence-electron chi connectivity index (χ4n) is 3.20. The van der Waals surface area contributed by atoms with Gasteiger partial charge in [0.05, 0.1) is 12.6 Å². The Morgan fingerprint density at radius 2 is 2.29 bits per heavy atom. The number of likely N-dealkylation sites (tertiary alicyclic amines) is 1. The summed E-state index contributed by atoms with van der Waals surface area (Å²) in [5, 5.41) is 13.2. The van der Waals surface area contributed by atoms with Gasteiger partial charge in [-0.05, 0) is 50.1 Å². The lowest BCUT2D eigenvalue weighted by Crippen LogP contribution is -2.36. The third-order valence-electron chi connectivity index (χ3n) is 4.30. The Kier molecular flexibility index (Phi) is 5.15. The van der Waals surface area contributed by atoms with Crippen LogP contribution in [0, 0.1) is 0 Å². The molecule has 0 amide bonds. The summed E-state index contributed by atoms with van der Waals surface area (Å²) in [7, 11) is 0. The van der Waals surface area contributed by atoms with Crippen LogP contribution in [0.3, 0.4) is 0 Å². The van der Waals surface area contributed by atoms with Gasteiger partial charge in [-0.1, -0.05) is 12.1 Å². The van der Waals surface area contributed by atoms with E-state index >= 15 is 0 Å². The largest absolute Gasteiger partial charge is 0.494 e. The Morgan fingerprint density at radius 3 is 3.04 bits per heavy atom. The number of piperidine rings is 1. The molecule has 2 aromatic rings. The van der Waals surface area contributed by atoms with Crippen LogP contribution in [0.1, 0.15) is 41.9 Å². The van der Waals surface area contributed by atoms with Gasteiger partial charge in [-0.2, -0.15) is 5.10 Å². The number of carboxylic acid groups (broad SMARTS) is 1. The van der Waals surface area contributed by atoms with Crippen LogP contribution < -0.4 is 4.74 Å². The molecule has 0 bridgehead atoms. The van der Waals surface area contributed by atoms with Crippen molar-refractivity contribution < 1.29 is 14.6 Å². The molecule has 0 saturated carbocycles. The first-order valence-electron chi connectivity index (χ1n) is 8.38. The Hall–Kier alpha value is -2.34. The van der Waals surface area contributed by atoms with Crippen LogP contribution in [0.5, 0.6) is 5.75 Å². The predicted octanol–water partition coefficient (Wildman–Crippen LogP) is 2.82. The van der Waals surface area contributed by atoms with Crippen LogP contribution in [0.25, 0.3) is 0 Å². The number of carboxylic acids is 1. The second kappa shape index (κ2) is 7.49. The highest BCUT2D eigenvalue weighted by Gasteiger charge is 2.22. The molecule has 6 heteroatoms. The Labute approximate surface area is 141 Å². The maximum Gasteiger partial charge on any atom is 0.356 e. The van der Waals surface area contributed by atoms with Gasteiger partial charge in [0.1, 0.15) is 5.75 Å². The fraction of sp³-hybridized carbons (Fsp3) is 0.444. The summed E-state index contributed by atoms with van der Waals surface area (Å²) in [6.07, 6.45) is 3.88. The van der Waals surface area contributed by atoms with Gasteiger partial charge < -0.3 is 9.84 Å². The van der Waals surface area contributed by atoms with Gasteiger partial charge in [-0.15, -0.1) is 0 Å². The summed E-state index contributed by atoms with van der Waals surface area (Å²) < 4.78 is 7.36. The van der Waals surface area contributed by atoms with Gasteiger partial charge in [0.25, 0.3) is 0 Å². The molecule has 1 atom stereocenters. The van der Waals surface area contributed by atoms with E-state index in [4.69, 9.17) is 9.84 Å². The minimum Gasteiger partial charge on any atom is -0.494 e. The van der Waals surface area contributed by atoms with E-state index in [0.717, 1.165) is 38.2 Å². The maximum absolute atomic E-state index is 11.0. The second-order valence-corrected chi connectivity index (χ2v) is 6.10. The van der Waals surface area contributed by atoms with Crippen molar-refractivity contribution in [2.24, 2.45) is 0 Å². The number of carbonyl (C=O) groups is 1.